The Morgan fingerprint density at radius 3 is 2.64 bits per heavy atom. The van der Waals surface area contributed by atoms with Crippen LogP contribution in [0.3, 0.4) is 0 Å². The molecule has 0 aromatic carbocycles. The fourth-order valence-corrected chi connectivity index (χ4v) is 4.22. The van der Waals surface area contributed by atoms with Gasteiger partial charge in [-0.15, -0.1) is 10.2 Å². The van der Waals surface area contributed by atoms with E-state index in [-0.39, 0.29) is 0 Å². The predicted octanol–water partition coefficient (Wildman–Crippen LogP) is 3.28. The van der Waals surface area contributed by atoms with Crippen LogP contribution in [0, 0.1) is 13.8 Å². The van der Waals surface area contributed by atoms with E-state index in [1.165, 1.54) is 0 Å². The van der Waals surface area contributed by atoms with Crippen LogP contribution in [-0.4, -0.2) is 39.4 Å². The summed E-state index contributed by atoms with van der Waals surface area (Å²) in [6, 6.07) is 4.21. The molecule has 1 fully saturated rings. The summed E-state index contributed by atoms with van der Waals surface area (Å²) in [4.78, 5) is 0. The molecule has 144 valence electrons. The molecule has 0 spiro atoms. The van der Waals surface area contributed by atoms with Gasteiger partial charge in [-0.1, -0.05) is 11.6 Å². The van der Waals surface area contributed by atoms with Crippen LogP contribution >= 0.6 is 11.6 Å². The molecule has 1 saturated carbocycles. The molecule has 8 nitrogen and oxygen atoms in total. The van der Waals surface area contributed by atoms with Crippen molar-refractivity contribution in [2.75, 3.05) is 0 Å². The first kappa shape index (κ1) is 17.4. The molecule has 4 aromatic heterocycles. The lowest BCUT2D eigenvalue weighted by Crippen LogP contribution is -2.04. The number of hydrogen-bond acceptors (Lipinski definition) is 5. The second-order valence-corrected chi connectivity index (χ2v) is 7.82. The van der Waals surface area contributed by atoms with Gasteiger partial charge in [0, 0.05) is 31.3 Å². The molecule has 0 amide bonds. The third-order valence-corrected chi connectivity index (χ3v) is 5.74. The molecule has 5 rings (SSSR count). The van der Waals surface area contributed by atoms with Gasteiger partial charge >= 0.3 is 0 Å². The number of aromatic nitrogens is 8. The van der Waals surface area contributed by atoms with Crippen LogP contribution < -0.4 is 0 Å². The summed E-state index contributed by atoms with van der Waals surface area (Å²) in [6.07, 6.45) is 3.06. The first-order valence-electron chi connectivity index (χ1n) is 9.43. The number of nitrogens with zero attached hydrogens (tertiary/aromatic N) is 8. The fraction of sp³-hybridized carbons (Fsp3) is 0.421. The van der Waals surface area contributed by atoms with Crippen LogP contribution in [-0.2, 0) is 13.6 Å². The molecule has 2 atom stereocenters. The summed E-state index contributed by atoms with van der Waals surface area (Å²) >= 11 is 6.29. The van der Waals surface area contributed by atoms with E-state index in [0.717, 1.165) is 52.6 Å². The Morgan fingerprint density at radius 1 is 1.11 bits per heavy atom. The van der Waals surface area contributed by atoms with Gasteiger partial charge in [0.05, 0.1) is 11.4 Å². The van der Waals surface area contributed by atoms with Crippen molar-refractivity contribution in [1.29, 1.82) is 0 Å². The summed E-state index contributed by atoms with van der Waals surface area (Å²) in [6.45, 7) is 6.81. The smallest absolute Gasteiger partial charge is 0.180 e. The zero-order chi connectivity index (χ0) is 19.6. The highest BCUT2D eigenvalue weighted by atomic mass is 35.5. The molecule has 1 aliphatic rings. The maximum absolute atomic E-state index is 6.29. The molecule has 0 N–H and O–H groups in total. The largest absolute Gasteiger partial charge is 0.274 e. The predicted molar refractivity (Wildman–Crippen MR) is 105 cm³/mol. The van der Waals surface area contributed by atoms with Crippen molar-refractivity contribution in [2.45, 2.75) is 45.6 Å². The number of hydrogen-bond donors (Lipinski definition) is 0. The molecule has 9 heteroatoms. The molecular weight excluding hydrogens is 376 g/mol. The minimum absolute atomic E-state index is 0.370. The van der Waals surface area contributed by atoms with Gasteiger partial charge in [0.2, 0.25) is 0 Å². The first-order valence-corrected chi connectivity index (χ1v) is 9.81. The minimum atomic E-state index is 0.370. The topological polar surface area (TPSA) is 78.7 Å². The summed E-state index contributed by atoms with van der Waals surface area (Å²) < 4.78 is 5.59. The van der Waals surface area contributed by atoms with E-state index in [0.29, 0.717) is 17.0 Å². The van der Waals surface area contributed by atoms with Gasteiger partial charge < -0.3 is 0 Å². The van der Waals surface area contributed by atoms with Crippen molar-refractivity contribution >= 4 is 17.2 Å². The minimum Gasteiger partial charge on any atom is -0.274 e. The van der Waals surface area contributed by atoms with Crippen molar-refractivity contribution in [1.82, 2.24) is 39.4 Å². The zero-order valence-electron chi connectivity index (χ0n) is 16.3. The lowest BCUT2D eigenvalue weighted by atomic mass is 10.1. The third-order valence-electron chi connectivity index (χ3n) is 5.45. The SMILES string of the molecule is CCn1nc(C2CC2c2cn(C)nc2Cl)cc1-c1cc(C)c2nnc(C)n2n1. The first-order chi connectivity index (χ1) is 13.5. The van der Waals surface area contributed by atoms with Crippen molar-refractivity contribution in [3.05, 3.63) is 46.1 Å². The van der Waals surface area contributed by atoms with Gasteiger partial charge in [-0.05, 0) is 50.8 Å². The summed E-state index contributed by atoms with van der Waals surface area (Å²) in [5.74, 6) is 1.53. The number of fused-ring (bicyclic) bond motifs is 1. The van der Waals surface area contributed by atoms with E-state index in [9.17, 15) is 0 Å². The second kappa shape index (κ2) is 6.13. The Morgan fingerprint density at radius 2 is 1.93 bits per heavy atom. The number of halogens is 1. The average molecular weight is 397 g/mol. The lowest BCUT2D eigenvalue weighted by Gasteiger charge is -2.06. The maximum Gasteiger partial charge on any atom is 0.180 e. The van der Waals surface area contributed by atoms with E-state index in [4.69, 9.17) is 21.8 Å². The Hall–Kier alpha value is -2.74. The Kier molecular flexibility index (Phi) is 3.80. The molecule has 4 aromatic rings. The van der Waals surface area contributed by atoms with Crippen LogP contribution in [0.15, 0.2) is 18.3 Å². The third kappa shape index (κ3) is 2.63. The zero-order valence-corrected chi connectivity index (χ0v) is 17.0. The number of rotatable bonds is 4. The van der Waals surface area contributed by atoms with E-state index in [2.05, 4.69) is 34.4 Å². The van der Waals surface area contributed by atoms with E-state index in [1.807, 2.05) is 31.8 Å². The average Bonchev–Trinajstić information content (AvgIpc) is 2.99. The van der Waals surface area contributed by atoms with Crippen LogP contribution in [0.1, 0.15) is 47.8 Å². The van der Waals surface area contributed by atoms with E-state index >= 15 is 0 Å². The highest BCUT2D eigenvalue weighted by molar-refractivity contribution is 6.30. The molecule has 4 heterocycles. The second-order valence-electron chi connectivity index (χ2n) is 7.46. The Balaban J connectivity index is 1.53. The molecule has 0 radical (unpaired) electrons. The van der Waals surface area contributed by atoms with Crippen LogP contribution in [0.4, 0.5) is 0 Å². The standard InChI is InChI=1S/C19H21ClN8/c1-5-27-17(16-6-10(2)19-22-21-11(3)28(19)24-16)8-15(23-27)13-7-12(13)14-9-26(4)25-18(14)20/h6,8-9,12-13H,5,7H2,1-4H3. The van der Waals surface area contributed by atoms with E-state index in [1.54, 1.807) is 9.20 Å². The van der Waals surface area contributed by atoms with Crippen molar-refractivity contribution < 1.29 is 0 Å². The molecule has 28 heavy (non-hydrogen) atoms. The summed E-state index contributed by atoms with van der Waals surface area (Å²) in [5.41, 5.74) is 5.92. The monoisotopic (exact) mass is 396 g/mol. The number of aryl methyl sites for hydroxylation is 4. The fourth-order valence-electron chi connectivity index (χ4n) is 3.91. The highest BCUT2D eigenvalue weighted by Crippen LogP contribution is 2.55. The van der Waals surface area contributed by atoms with Crippen molar-refractivity contribution in [3.63, 3.8) is 0 Å². The normalized spacial score (nSPS) is 18.9. The highest BCUT2D eigenvalue weighted by Gasteiger charge is 2.43. The van der Waals surface area contributed by atoms with Crippen LogP contribution in [0.2, 0.25) is 5.15 Å². The van der Waals surface area contributed by atoms with Crippen LogP contribution in [0.5, 0.6) is 0 Å². The lowest BCUT2D eigenvalue weighted by molar-refractivity contribution is 0.650. The van der Waals surface area contributed by atoms with Crippen molar-refractivity contribution in [3.8, 4) is 11.4 Å². The molecular formula is C19H21ClN8. The summed E-state index contributed by atoms with van der Waals surface area (Å²) in [7, 11) is 1.90. The van der Waals surface area contributed by atoms with E-state index < -0.39 is 0 Å². The Bertz CT molecular complexity index is 1200. The molecule has 1 aliphatic carbocycles. The molecule has 2 unspecified atom stereocenters. The maximum atomic E-state index is 6.29. The summed E-state index contributed by atoms with van der Waals surface area (Å²) in [5, 5.41) is 22.8. The quantitative estimate of drug-likeness (QED) is 0.529. The van der Waals surface area contributed by atoms with Gasteiger partial charge in [-0.2, -0.15) is 19.8 Å². The van der Waals surface area contributed by atoms with Gasteiger partial charge in [0.1, 0.15) is 5.69 Å². The molecule has 0 aliphatic heterocycles. The molecule has 0 saturated heterocycles. The van der Waals surface area contributed by atoms with Crippen LogP contribution in [0.25, 0.3) is 17.0 Å². The van der Waals surface area contributed by atoms with Gasteiger partial charge in [0.25, 0.3) is 0 Å². The van der Waals surface area contributed by atoms with Gasteiger partial charge in [0.15, 0.2) is 16.6 Å². The van der Waals surface area contributed by atoms with Gasteiger partial charge in [-0.25, -0.2) is 0 Å². The van der Waals surface area contributed by atoms with Crippen molar-refractivity contribution in [2.24, 2.45) is 7.05 Å². The molecule has 0 bridgehead atoms. The van der Waals surface area contributed by atoms with Gasteiger partial charge in [-0.3, -0.25) is 9.36 Å². The Labute approximate surface area is 167 Å².